The van der Waals surface area contributed by atoms with E-state index in [0.29, 0.717) is 0 Å². The number of nitrogens with zero attached hydrogens (tertiary/aromatic N) is 1. The second kappa shape index (κ2) is 4.84. The molecule has 1 aliphatic carbocycles. The molecule has 0 atom stereocenters. The van der Waals surface area contributed by atoms with Crippen LogP contribution in [-0.4, -0.2) is 10.5 Å². The molecule has 0 aromatic carbocycles. The first-order valence-electron chi connectivity index (χ1n) is 6.30. The lowest BCUT2D eigenvalue weighted by Crippen LogP contribution is -2.48. The van der Waals surface area contributed by atoms with Crippen LogP contribution in [0.1, 0.15) is 50.2 Å². The molecular formula is C13H22N2S. The van der Waals surface area contributed by atoms with Gasteiger partial charge in [-0.05, 0) is 38.0 Å². The summed E-state index contributed by atoms with van der Waals surface area (Å²) in [6.07, 6.45) is 6.98. The molecule has 1 heterocycles. The van der Waals surface area contributed by atoms with Gasteiger partial charge in [0.05, 0.1) is 10.7 Å². The molecule has 2 nitrogen and oxygen atoms in total. The lowest BCUT2D eigenvalue weighted by molar-refractivity contribution is 0.246. The van der Waals surface area contributed by atoms with E-state index in [1.807, 2.05) is 0 Å². The third-order valence-corrected chi connectivity index (χ3v) is 4.37. The molecule has 1 fully saturated rings. The zero-order valence-corrected chi connectivity index (χ0v) is 11.1. The Kier molecular flexibility index (Phi) is 3.65. The second-order valence-electron chi connectivity index (χ2n) is 5.56. The number of nitrogens with two attached hydrogens (primary N) is 1. The molecular weight excluding hydrogens is 216 g/mol. The number of hydrogen-bond donors (Lipinski definition) is 1. The summed E-state index contributed by atoms with van der Waals surface area (Å²) in [6, 6.07) is 0. The van der Waals surface area contributed by atoms with E-state index in [9.17, 15) is 0 Å². The highest BCUT2D eigenvalue weighted by Crippen LogP contribution is 2.32. The minimum atomic E-state index is 0.0728. The summed E-state index contributed by atoms with van der Waals surface area (Å²) in [5.41, 5.74) is 7.52. The average molecular weight is 238 g/mol. The van der Waals surface area contributed by atoms with Crippen LogP contribution in [0.15, 0.2) is 5.38 Å². The van der Waals surface area contributed by atoms with E-state index in [2.05, 4.69) is 24.2 Å². The van der Waals surface area contributed by atoms with Crippen molar-refractivity contribution in [3.8, 4) is 0 Å². The van der Waals surface area contributed by atoms with E-state index in [1.54, 1.807) is 11.3 Å². The van der Waals surface area contributed by atoms with Gasteiger partial charge < -0.3 is 5.73 Å². The van der Waals surface area contributed by atoms with Crippen LogP contribution in [0.25, 0.3) is 0 Å². The first kappa shape index (κ1) is 12.1. The van der Waals surface area contributed by atoms with Crippen molar-refractivity contribution >= 4 is 11.3 Å². The van der Waals surface area contributed by atoms with Crippen LogP contribution in [0.3, 0.4) is 0 Å². The summed E-state index contributed by atoms with van der Waals surface area (Å²) < 4.78 is 0. The summed E-state index contributed by atoms with van der Waals surface area (Å²) in [4.78, 5) is 4.69. The van der Waals surface area contributed by atoms with Crippen molar-refractivity contribution in [2.75, 3.05) is 0 Å². The van der Waals surface area contributed by atoms with Crippen molar-refractivity contribution in [2.24, 2.45) is 11.7 Å². The summed E-state index contributed by atoms with van der Waals surface area (Å²) in [6.45, 7) is 4.52. The largest absolute Gasteiger partial charge is 0.325 e. The first-order chi connectivity index (χ1) is 7.57. The predicted octanol–water partition coefficient (Wildman–Crippen LogP) is 3.16. The van der Waals surface area contributed by atoms with Crippen LogP contribution in [0.2, 0.25) is 0 Å². The minimum absolute atomic E-state index is 0.0728. The average Bonchev–Trinajstić information content (AvgIpc) is 2.60. The van der Waals surface area contributed by atoms with Crippen LogP contribution in [0.5, 0.6) is 0 Å². The van der Waals surface area contributed by atoms with Crippen molar-refractivity contribution in [3.05, 3.63) is 16.1 Å². The van der Waals surface area contributed by atoms with Crippen molar-refractivity contribution in [2.45, 2.75) is 57.9 Å². The Bertz CT molecular complexity index is 339. The van der Waals surface area contributed by atoms with Crippen molar-refractivity contribution < 1.29 is 0 Å². The highest BCUT2D eigenvalue weighted by molar-refractivity contribution is 7.09. The quantitative estimate of drug-likeness (QED) is 0.856. The summed E-state index contributed by atoms with van der Waals surface area (Å²) in [7, 11) is 0. The topological polar surface area (TPSA) is 38.9 Å². The van der Waals surface area contributed by atoms with Crippen LogP contribution in [-0.2, 0) is 12.8 Å². The number of thiazole rings is 1. The van der Waals surface area contributed by atoms with Gasteiger partial charge in [0, 0.05) is 17.3 Å². The molecule has 0 amide bonds. The Balaban J connectivity index is 1.87. The fraction of sp³-hybridized carbons (Fsp3) is 0.769. The molecule has 0 radical (unpaired) electrons. The normalized spacial score (nSPS) is 18.8. The molecule has 0 saturated heterocycles. The molecule has 16 heavy (non-hydrogen) atoms. The Morgan fingerprint density at radius 1 is 1.50 bits per heavy atom. The van der Waals surface area contributed by atoms with Gasteiger partial charge in [-0.2, -0.15) is 0 Å². The fourth-order valence-electron chi connectivity index (χ4n) is 2.13. The standard InChI is InChI=1S/C13H22N2S/c1-10(2)4-5-12-15-11(9-16-12)8-13(14)6-3-7-13/h9-10H,3-8,14H2,1-2H3. The van der Waals surface area contributed by atoms with Crippen molar-refractivity contribution in [1.29, 1.82) is 0 Å². The molecule has 1 aromatic rings. The highest BCUT2D eigenvalue weighted by Gasteiger charge is 2.33. The summed E-state index contributed by atoms with van der Waals surface area (Å²) in [5, 5.41) is 3.48. The van der Waals surface area contributed by atoms with Gasteiger partial charge in [-0.25, -0.2) is 4.98 Å². The maximum Gasteiger partial charge on any atom is 0.0928 e. The Hall–Kier alpha value is -0.410. The number of aromatic nitrogens is 1. The molecule has 2 rings (SSSR count). The smallest absolute Gasteiger partial charge is 0.0928 e. The molecule has 90 valence electrons. The van der Waals surface area contributed by atoms with E-state index in [1.165, 1.54) is 36.4 Å². The maximum absolute atomic E-state index is 6.23. The minimum Gasteiger partial charge on any atom is -0.325 e. The van der Waals surface area contributed by atoms with E-state index < -0.39 is 0 Å². The van der Waals surface area contributed by atoms with Gasteiger partial charge in [0.15, 0.2) is 0 Å². The maximum atomic E-state index is 6.23. The lowest BCUT2D eigenvalue weighted by Gasteiger charge is -2.37. The second-order valence-corrected chi connectivity index (χ2v) is 6.50. The zero-order valence-electron chi connectivity index (χ0n) is 10.3. The van der Waals surface area contributed by atoms with Gasteiger partial charge in [-0.3, -0.25) is 0 Å². The Morgan fingerprint density at radius 3 is 2.81 bits per heavy atom. The molecule has 0 bridgehead atoms. The van der Waals surface area contributed by atoms with Crippen LogP contribution in [0, 0.1) is 5.92 Å². The first-order valence-corrected chi connectivity index (χ1v) is 7.17. The molecule has 2 N–H and O–H groups in total. The molecule has 1 saturated carbocycles. The van der Waals surface area contributed by atoms with Crippen molar-refractivity contribution in [3.63, 3.8) is 0 Å². The summed E-state index contributed by atoms with van der Waals surface area (Å²) >= 11 is 1.80. The van der Waals surface area contributed by atoms with Crippen LogP contribution < -0.4 is 5.73 Å². The van der Waals surface area contributed by atoms with Gasteiger partial charge in [-0.15, -0.1) is 11.3 Å². The third kappa shape index (κ3) is 3.05. The molecule has 1 aliphatic rings. The zero-order chi connectivity index (χ0) is 11.6. The molecule has 0 spiro atoms. The lowest BCUT2D eigenvalue weighted by atomic mass is 9.75. The number of hydrogen-bond acceptors (Lipinski definition) is 3. The van der Waals surface area contributed by atoms with E-state index >= 15 is 0 Å². The number of rotatable bonds is 5. The molecule has 1 aromatic heterocycles. The van der Waals surface area contributed by atoms with Crippen LogP contribution in [0.4, 0.5) is 0 Å². The van der Waals surface area contributed by atoms with Gasteiger partial charge in [0.25, 0.3) is 0 Å². The van der Waals surface area contributed by atoms with Gasteiger partial charge in [-0.1, -0.05) is 13.8 Å². The third-order valence-electron chi connectivity index (χ3n) is 3.42. The molecule has 3 heteroatoms. The van der Waals surface area contributed by atoms with E-state index in [0.717, 1.165) is 18.8 Å². The fourth-order valence-corrected chi connectivity index (χ4v) is 2.94. The van der Waals surface area contributed by atoms with Crippen LogP contribution >= 0.6 is 11.3 Å². The molecule has 0 unspecified atom stereocenters. The Morgan fingerprint density at radius 2 is 2.25 bits per heavy atom. The van der Waals surface area contributed by atoms with Gasteiger partial charge in [0.1, 0.15) is 0 Å². The SMILES string of the molecule is CC(C)CCc1nc(CC2(N)CCC2)cs1. The molecule has 0 aliphatic heterocycles. The number of aryl methyl sites for hydroxylation is 1. The monoisotopic (exact) mass is 238 g/mol. The summed E-state index contributed by atoms with van der Waals surface area (Å²) in [5.74, 6) is 0.764. The Labute approximate surface area is 102 Å². The highest BCUT2D eigenvalue weighted by atomic mass is 32.1. The van der Waals surface area contributed by atoms with Gasteiger partial charge >= 0.3 is 0 Å². The van der Waals surface area contributed by atoms with Crippen molar-refractivity contribution in [1.82, 2.24) is 4.98 Å². The van der Waals surface area contributed by atoms with E-state index in [-0.39, 0.29) is 5.54 Å². The predicted molar refractivity (Wildman–Crippen MR) is 69.7 cm³/mol. The van der Waals surface area contributed by atoms with Gasteiger partial charge in [0.2, 0.25) is 0 Å². The van der Waals surface area contributed by atoms with E-state index in [4.69, 9.17) is 5.73 Å².